The average Bonchev–Trinajstić information content (AvgIpc) is 3.68. The molecule has 0 aliphatic rings. The third-order valence-corrected chi connectivity index (χ3v) is 8.49. The Balaban J connectivity index is 1.35. The van der Waals surface area contributed by atoms with Crippen LogP contribution in [0.15, 0.2) is 94.7 Å². The lowest BCUT2D eigenvalue weighted by molar-refractivity contribution is 0.628. The zero-order valence-corrected chi connectivity index (χ0v) is 23.9. The first-order chi connectivity index (χ1) is 20.1. The van der Waals surface area contributed by atoms with Gasteiger partial charge in [-0.15, -0.1) is 16.9 Å². The van der Waals surface area contributed by atoms with Gasteiger partial charge in [-0.2, -0.15) is 14.6 Å². The van der Waals surface area contributed by atoms with E-state index in [9.17, 15) is 9.18 Å². The normalized spacial score (nSPS) is 12.2. The lowest BCUT2D eigenvalue weighted by Gasteiger charge is -2.03. The van der Waals surface area contributed by atoms with Crippen molar-refractivity contribution in [3.63, 3.8) is 0 Å². The summed E-state index contributed by atoms with van der Waals surface area (Å²) in [6.45, 7) is 2.20. The second kappa shape index (κ2) is 12.0. The van der Waals surface area contributed by atoms with Gasteiger partial charge in [0, 0.05) is 22.2 Å². The van der Waals surface area contributed by atoms with E-state index in [-0.39, 0.29) is 11.4 Å². The number of rotatable bonds is 9. The molecule has 0 unspecified atom stereocenters. The van der Waals surface area contributed by atoms with Crippen molar-refractivity contribution in [2.75, 3.05) is 5.75 Å². The van der Waals surface area contributed by atoms with Crippen LogP contribution in [0.4, 0.5) is 4.39 Å². The van der Waals surface area contributed by atoms with Gasteiger partial charge in [0.1, 0.15) is 5.82 Å². The van der Waals surface area contributed by atoms with Crippen molar-refractivity contribution in [1.29, 1.82) is 0 Å². The highest BCUT2D eigenvalue weighted by Crippen LogP contribution is 2.28. The molecule has 3 aromatic heterocycles. The molecule has 6 aromatic rings. The van der Waals surface area contributed by atoms with Crippen molar-refractivity contribution < 1.29 is 4.39 Å². The number of unbranched alkanes of at least 4 members (excludes halogenated alkanes) is 1. The minimum Gasteiger partial charge on any atom is -0.266 e. The van der Waals surface area contributed by atoms with Crippen molar-refractivity contribution >= 4 is 46.3 Å². The highest BCUT2D eigenvalue weighted by Gasteiger charge is 2.14. The van der Waals surface area contributed by atoms with Crippen LogP contribution in [0.3, 0.4) is 0 Å². The number of fused-ring (bicyclic) bond motifs is 1. The Hall–Kier alpha value is -4.34. The molecule has 9 heteroatoms. The Morgan fingerprint density at radius 1 is 0.951 bits per heavy atom. The summed E-state index contributed by atoms with van der Waals surface area (Å²) in [6, 6.07) is 24.5. The molecule has 6 nitrogen and oxygen atoms in total. The first-order valence-corrected chi connectivity index (χ1v) is 15.1. The Morgan fingerprint density at radius 2 is 1.73 bits per heavy atom. The van der Waals surface area contributed by atoms with E-state index in [2.05, 4.69) is 41.3 Å². The largest absolute Gasteiger partial charge is 0.291 e. The van der Waals surface area contributed by atoms with Gasteiger partial charge < -0.3 is 0 Å². The summed E-state index contributed by atoms with van der Waals surface area (Å²) in [4.78, 5) is 19.5. The van der Waals surface area contributed by atoms with Gasteiger partial charge in [-0.1, -0.05) is 73.2 Å². The van der Waals surface area contributed by atoms with Gasteiger partial charge in [0.25, 0.3) is 5.56 Å². The Kier molecular flexibility index (Phi) is 7.89. The summed E-state index contributed by atoms with van der Waals surface area (Å²) >= 11 is 3.14. The molecule has 3 heterocycles. The summed E-state index contributed by atoms with van der Waals surface area (Å²) < 4.78 is 16.9. The third kappa shape index (κ3) is 6.06. The first-order valence-electron chi connectivity index (χ1n) is 13.3. The smallest absolute Gasteiger partial charge is 0.266 e. The monoisotopic (exact) mass is 579 g/mol. The van der Waals surface area contributed by atoms with E-state index in [1.54, 1.807) is 24.3 Å². The van der Waals surface area contributed by atoms with Crippen LogP contribution in [-0.4, -0.2) is 30.1 Å². The molecule has 0 aliphatic heterocycles. The fourth-order valence-electron chi connectivity index (χ4n) is 4.28. The molecule has 0 bridgehead atoms. The molecule has 0 fully saturated rings. The summed E-state index contributed by atoms with van der Waals surface area (Å²) in [5.41, 5.74) is 4.11. The van der Waals surface area contributed by atoms with Crippen molar-refractivity contribution in [3.8, 4) is 16.9 Å². The predicted octanol–water partition coefficient (Wildman–Crippen LogP) is 6.75. The fourth-order valence-corrected chi connectivity index (χ4v) is 6.18. The van der Waals surface area contributed by atoms with Crippen molar-refractivity contribution in [2.24, 2.45) is 0 Å². The van der Waals surface area contributed by atoms with Crippen molar-refractivity contribution in [3.05, 3.63) is 123 Å². The number of thioether (sulfide) groups is 1. The number of hydrogen-bond acceptors (Lipinski definition) is 6. The van der Waals surface area contributed by atoms with Gasteiger partial charge >= 0.3 is 0 Å². The van der Waals surface area contributed by atoms with Crippen LogP contribution < -0.4 is 10.1 Å². The molecular weight excluding hydrogens is 554 g/mol. The zero-order chi connectivity index (χ0) is 28.2. The van der Waals surface area contributed by atoms with Crippen LogP contribution >= 0.6 is 23.1 Å². The molecule has 0 aliphatic carbocycles. The molecule has 6 rings (SSSR count). The average molecular weight is 580 g/mol. The van der Waals surface area contributed by atoms with Crippen molar-refractivity contribution in [1.82, 2.24) is 24.4 Å². The van der Waals surface area contributed by atoms with Crippen LogP contribution in [0.2, 0.25) is 0 Å². The molecule has 0 N–H and O–H groups in total. The Labute approximate surface area is 244 Å². The number of aromatic nitrogens is 5. The van der Waals surface area contributed by atoms with Crippen LogP contribution in [0.5, 0.6) is 0 Å². The number of thiazole rings is 1. The second-order valence-corrected chi connectivity index (χ2v) is 11.6. The van der Waals surface area contributed by atoms with E-state index in [0.29, 0.717) is 15.3 Å². The Bertz CT molecular complexity index is 1920. The lowest BCUT2D eigenvalue weighted by Crippen LogP contribution is -2.23. The maximum absolute atomic E-state index is 13.3. The standard InChI is InChI=1S/C32H26FN5OS2/c1-2-3-19-40-27-16-12-23(13-17-27)30-24(21-37(36-30)26-7-5-4-6-8-26)20-28-31(39)38-32(41-28)34-29(35-38)18-11-22-9-14-25(33)15-10-22/h4-18,20-21H,2-3,19H2,1H3/b18-11+,28-20-. The molecule has 0 amide bonds. The first kappa shape index (κ1) is 26.9. The third-order valence-electron chi connectivity index (χ3n) is 6.44. The Morgan fingerprint density at radius 3 is 2.46 bits per heavy atom. The predicted molar refractivity (Wildman–Crippen MR) is 166 cm³/mol. The molecule has 3 aromatic carbocycles. The van der Waals surface area contributed by atoms with Gasteiger partial charge in [-0.3, -0.25) is 4.79 Å². The molecule has 0 radical (unpaired) electrons. The van der Waals surface area contributed by atoms with E-state index >= 15 is 0 Å². The highest BCUT2D eigenvalue weighted by atomic mass is 32.2. The van der Waals surface area contributed by atoms with Crippen LogP contribution in [0.1, 0.15) is 36.7 Å². The maximum Gasteiger partial charge on any atom is 0.291 e. The number of benzene rings is 3. The minimum atomic E-state index is -0.293. The van der Waals surface area contributed by atoms with E-state index in [4.69, 9.17) is 5.10 Å². The van der Waals surface area contributed by atoms with Crippen molar-refractivity contribution in [2.45, 2.75) is 24.7 Å². The molecular formula is C32H26FN5OS2. The van der Waals surface area contributed by atoms with E-state index in [1.807, 2.05) is 59.0 Å². The van der Waals surface area contributed by atoms with E-state index in [1.165, 1.54) is 45.7 Å². The summed E-state index contributed by atoms with van der Waals surface area (Å²) in [6.07, 6.45) is 9.68. The topological polar surface area (TPSA) is 65.1 Å². The van der Waals surface area contributed by atoms with Gasteiger partial charge in [0.15, 0.2) is 5.82 Å². The number of hydrogen-bond donors (Lipinski definition) is 0. The quantitative estimate of drug-likeness (QED) is 0.140. The number of nitrogens with zero attached hydrogens (tertiary/aromatic N) is 5. The van der Waals surface area contributed by atoms with Crippen LogP contribution in [0, 0.1) is 5.82 Å². The zero-order valence-electron chi connectivity index (χ0n) is 22.3. The van der Waals surface area contributed by atoms with Gasteiger partial charge in [0.05, 0.1) is 15.9 Å². The van der Waals surface area contributed by atoms with Gasteiger partial charge in [-0.05, 0) is 66.3 Å². The molecule has 0 saturated carbocycles. The summed E-state index contributed by atoms with van der Waals surface area (Å²) in [7, 11) is 0. The molecule has 41 heavy (non-hydrogen) atoms. The van der Waals surface area contributed by atoms with E-state index < -0.39 is 0 Å². The van der Waals surface area contributed by atoms with Crippen LogP contribution in [-0.2, 0) is 0 Å². The molecule has 0 spiro atoms. The molecule has 0 atom stereocenters. The van der Waals surface area contributed by atoms with Crippen LogP contribution in [0.25, 0.3) is 40.1 Å². The van der Waals surface area contributed by atoms with Gasteiger partial charge in [-0.25, -0.2) is 9.07 Å². The maximum atomic E-state index is 13.3. The molecule has 204 valence electrons. The highest BCUT2D eigenvalue weighted by molar-refractivity contribution is 7.99. The minimum absolute atomic E-state index is 0.236. The van der Waals surface area contributed by atoms with Gasteiger partial charge in [0.2, 0.25) is 4.96 Å². The lowest BCUT2D eigenvalue weighted by atomic mass is 10.1. The fraction of sp³-hybridized carbons (Fsp3) is 0.125. The number of para-hydroxylation sites is 1. The summed E-state index contributed by atoms with van der Waals surface area (Å²) in [5.74, 6) is 1.22. The number of halogens is 1. The van der Waals surface area contributed by atoms with E-state index in [0.717, 1.165) is 33.8 Å². The SMILES string of the molecule is CCCCSc1ccc(-c2nn(-c3ccccc3)cc2/C=c2\sc3nc(/C=C/c4ccc(F)cc4)nn3c2=O)cc1. The summed E-state index contributed by atoms with van der Waals surface area (Å²) in [5, 5.41) is 9.29. The molecule has 0 saturated heterocycles. The second-order valence-electron chi connectivity index (χ2n) is 9.40.